The molecule has 3 aromatic rings. The lowest BCUT2D eigenvalue weighted by Gasteiger charge is -2.20. The van der Waals surface area contributed by atoms with Crippen LogP contribution in [0.2, 0.25) is 0 Å². The number of aryl methyl sites for hydroxylation is 1. The molecule has 0 fully saturated rings. The predicted octanol–water partition coefficient (Wildman–Crippen LogP) is 3.63. The quantitative estimate of drug-likeness (QED) is 0.784. The molecule has 2 aromatic carbocycles. The van der Waals surface area contributed by atoms with E-state index in [0.717, 1.165) is 33.7 Å². The van der Waals surface area contributed by atoms with E-state index in [2.05, 4.69) is 16.5 Å². The molecule has 1 aliphatic heterocycles. The van der Waals surface area contributed by atoms with Crippen LogP contribution in [0.5, 0.6) is 5.75 Å². The third kappa shape index (κ3) is 3.08. The van der Waals surface area contributed by atoms with Gasteiger partial charge in [0.25, 0.3) is 0 Å². The summed E-state index contributed by atoms with van der Waals surface area (Å²) in [5.74, 6) is 0.774. The van der Waals surface area contributed by atoms with Crippen LogP contribution in [0.3, 0.4) is 0 Å². The van der Waals surface area contributed by atoms with Gasteiger partial charge in [-0.05, 0) is 31.5 Å². The second kappa shape index (κ2) is 6.67. The van der Waals surface area contributed by atoms with Crippen molar-refractivity contribution in [3.05, 3.63) is 71.4 Å². The SMILES string of the molecule is Cc1ccc2c(c1)-c1c(cnn1CC(=O)N[C@H](C)c1ccccc1)CO2. The Labute approximate surface area is 152 Å². The van der Waals surface area contributed by atoms with Crippen LogP contribution < -0.4 is 10.1 Å². The van der Waals surface area contributed by atoms with E-state index >= 15 is 0 Å². The van der Waals surface area contributed by atoms with Crippen molar-refractivity contribution in [1.82, 2.24) is 15.1 Å². The Hall–Kier alpha value is -3.08. The van der Waals surface area contributed by atoms with E-state index in [4.69, 9.17) is 4.74 Å². The summed E-state index contributed by atoms with van der Waals surface area (Å²) >= 11 is 0. The molecule has 4 rings (SSSR count). The maximum Gasteiger partial charge on any atom is 0.242 e. The minimum Gasteiger partial charge on any atom is -0.488 e. The maximum atomic E-state index is 12.6. The Morgan fingerprint density at radius 2 is 2.08 bits per heavy atom. The fraction of sp³-hybridized carbons (Fsp3) is 0.238. The highest BCUT2D eigenvalue weighted by atomic mass is 16.5. The molecule has 0 spiro atoms. The van der Waals surface area contributed by atoms with E-state index in [0.29, 0.717) is 6.61 Å². The van der Waals surface area contributed by atoms with Crippen LogP contribution in [-0.2, 0) is 17.9 Å². The Bertz CT molecular complexity index is 947. The highest BCUT2D eigenvalue weighted by Crippen LogP contribution is 2.37. The number of hydrogen-bond donors (Lipinski definition) is 1. The summed E-state index contributed by atoms with van der Waals surface area (Å²) in [7, 11) is 0. The second-order valence-corrected chi connectivity index (χ2v) is 6.66. The van der Waals surface area contributed by atoms with Gasteiger partial charge in [0.05, 0.1) is 17.9 Å². The number of amides is 1. The summed E-state index contributed by atoms with van der Waals surface area (Å²) in [6.07, 6.45) is 1.79. The topological polar surface area (TPSA) is 56.2 Å². The molecule has 1 aliphatic rings. The third-order valence-electron chi connectivity index (χ3n) is 4.66. The number of aromatic nitrogens is 2. The normalized spacial score (nSPS) is 13.3. The van der Waals surface area contributed by atoms with Crippen molar-refractivity contribution in [3.8, 4) is 17.0 Å². The van der Waals surface area contributed by atoms with Crippen molar-refractivity contribution in [3.63, 3.8) is 0 Å². The van der Waals surface area contributed by atoms with Crippen molar-refractivity contribution < 1.29 is 9.53 Å². The van der Waals surface area contributed by atoms with Gasteiger partial charge in [-0.25, -0.2) is 0 Å². The lowest BCUT2D eigenvalue weighted by Crippen LogP contribution is -2.30. The van der Waals surface area contributed by atoms with E-state index in [1.165, 1.54) is 0 Å². The van der Waals surface area contributed by atoms with Gasteiger partial charge in [0, 0.05) is 11.1 Å². The highest BCUT2D eigenvalue weighted by molar-refractivity contribution is 5.78. The van der Waals surface area contributed by atoms with Gasteiger partial charge in [0.15, 0.2) is 0 Å². The molecule has 5 nitrogen and oxygen atoms in total. The largest absolute Gasteiger partial charge is 0.488 e. The molecular weight excluding hydrogens is 326 g/mol. The van der Waals surface area contributed by atoms with Crippen LogP contribution in [0, 0.1) is 6.92 Å². The monoisotopic (exact) mass is 347 g/mol. The van der Waals surface area contributed by atoms with Crippen molar-refractivity contribution in [1.29, 1.82) is 0 Å². The summed E-state index contributed by atoms with van der Waals surface area (Å²) in [5, 5.41) is 7.47. The fourth-order valence-electron chi connectivity index (χ4n) is 3.32. The van der Waals surface area contributed by atoms with Crippen LogP contribution in [0.15, 0.2) is 54.7 Å². The molecule has 0 unspecified atom stereocenters. The molecule has 0 radical (unpaired) electrons. The summed E-state index contributed by atoms with van der Waals surface area (Å²) in [4.78, 5) is 12.6. The first-order chi connectivity index (χ1) is 12.6. The van der Waals surface area contributed by atoms with Gasteiger partial charge in [-0.2, -0.15) is 5.10 Å². The van der Waals surface area contributed by atoms with E-state index < -0.39 is 0 Å². The van der Waals surface area contributed by atoms with Crippen molar-refractivity contribution in [2.45, 2.75) is 33.0 Å². The first-order valence-corrected chi connectivity index (χ1v) is 8.74. The van der Waals surface area contributed by atoms with Crippen molar-refractivity contribution in [2.75, 3.05) is 0 Å². The van der Waals surface area contributed by atoms with Crippen LogP contribution in [0.25, 0.3) is 11.3 Å². The molecule has 0 bridgehead atoms. The molecule has 5 heteroatoms. The molecule has 26 heavy (non-hydrogen) atoms. The molecule has 1 amide bonds. The summed E-state index contributed by atoms with van der Waals surface area (Å²) < 4.78 is 7.56. The molecule has 0 saturated heterocycles. The van der Waals surface area contributed by atoms with Gasteiger partial charge in [-0.3, -0.25) is 9.48 Å². The Balaban J connectivity index is 1.55. The second-order valence-electron chi connectivity index (χ2n) is 6.66. The zero-order chi connectivity index (χ0) is 18.1. The number of rotatable bonds is 4. The third-order valence-corrected chi connectivity index (χ3v) is 4.66. The molecular formula is C21H21N3O2. The lowest BCUT2D eigenvalue weighted by molar-refractivity contribution is -0.122. The van der Waals surface area contributed by atoms with E-state index in [9.17, 15) is 4.79 Å². The number of carbonyl (C=O) groups excluding carboxylic acids is 1. The molecule has 1 aromatic heterocycles. The molecule has 132 valence electrons. The molecule has 0 saturated carbocycles. The Kier molecular flexibility index (Phi) is 4.21. The van der Waals surface area contributed by atoms with Crippen LogP contribution >= 0.6 is 0 Å². The number of nitrogens with zero attached hydrogens (tertiary/aromatic N) is 2. The first-order valence-electron chi connectivity index (χ1n) is 8.74. The number of carbonyl (C=O) groups is 1. The van der Waals surface area contributed by atoms with Gasteiger partial charge in [0.2, 0.25) is 5.91 Å². The molecule has 0 aliphatic carbocycles. The van der Waals surface area contributed by atoms with Gasteiger partial charge in [-0.1, -0.05) is 42.0 Å². The van der Waals surface area contributed by atoms with Crippen LogP contribution in [-0.4, -0.2) is 15.7 Å². The molecule has 1 atom stereocenters. The number of hydrogen-bond acceptors (Lipinski definition) is 3. The van der Waals surface area contributed by atoms with Gasteiger partial charge in [0.1, 0.15) is 18.9 Å². The lowest BCUT2D eigenvalue weighted by atomic mass is 10.0. The summed E-state index contributed by atoms with van der Waals surface area (Å²) in [5.41, 5.74) is 5.20. The summed E-state index contributed by atoms with van der Waals surface area (Å²) in [6, 6.07) is 16.0. The first kappa shape index (κ1) is 16.4. The minimum absolute atomic E-state index is 0.0482. The van der Waals surface area contributed by atoms with Crippen molar-refractivity contribution in [2.24, 2.45) is 0 Å². The predicted molar refractivity (Wildman–Crippen MR) is 99.7 cm³/mol. The standard InChI is InChI=1S/C21H21N3O2/c1-14-8-9-19-18(10-14)21-17(13-26-19)11-22-24(21)12-20(25)23-15(2)16-6-4-3-5-7-16/h3-11,15H,12-13H2,1-2H3,(H,23,25)/t15-/m1/s1. The van der Waals surface area contributed by atoms with Gasteiger partial charge < -0.3 is 10.1 Å². The number of benzene rings is 2. The van der Waals surface area contributed by atoms with Gasteiger partial charge >= 0.3 is 0 Å². The smallest absolute Gasteiger partial charge is 0.242 e. The minimum atomic E-state index is -0.0621. The number of ether oxygens (including phenoxy) is 1. The number of fused-ring (bicyclic) bond motifs is 3. The molecule has 1 N–H and O–H groups in total. The Morgan fingerprint density at radius 3 is 2.88 bits per heavy atom. The summed E-state index contributed by atoms with van der Waals surface area (Å²) in [6.45, 7) is 4.69. The maximum absolute atomic E-state index is 12.6. The van der Waals surface area contributed by atoms with E-state index in [-0.39, 0.29) is 18.5 Å². The van der Waals surface area contributed by atoms with E-state index in [1.54, 1.807) is 10.9 Å². The zero-order valence-electron chi connectivity index (χ0n) is 14.9. The molecule has 2 heterocycles. The zero-order valence-corrected chi connectivity index (χ0v) is 14.9. The Morgan fingerprint density at radius 1 is 1.27 bits per heavy atom. The average Bonchev–Trinajstić information content (AvgIpc) is 3.05. The highest BCUT2D eigenvalue weighted by Gasteiger charge is 2.23. The van der Waals surface area contributed by atoms with Crippen LogP contribution in [0.1, 0.15) is 29.7 Å². The average molecular weight is 347 g/mol. The number of nitrogens with one attached hydrogen (secondary N) is 1. The van der Waals surface area contributed by atoms with Crippen LogP contribution in [0.4, 0.5) is 0 Å². The van der Waals surface area contributed by atoms with E-state index in [1.807, 2.05) is 56.3 Å². The van der Waals surface area contributed by atoms with Gasteiger partial charge in [-0.15, -0.1) is 0 Å². The fourth-order valence-corrected chi connectivity index (χ4v) is 3.32. The van der Waals surface area contributed by atoms with Crippen molar-refractivity contribution >= 4 is 5.91 Å².